The number of ether oxygens (including phenoxy) is 1. The fraction of sp³-hybridized carbons (Fsp3) is 0.462. The Morgan fingerprint density at radius 2 is 1.79 bits per heavy atom. The molecule has 0 unspecified atom stereocenters. The van der Waals surface area contributed by atoms with Crippen LogP contribution in [0.2, 0.25) is 10.0 Å². The average molecular weight is 491 g/mol. The van der Waals surface area contributed by atoms with Crippen molar-refractivity contribution in [2.75, 3.05) is 6.61 Å². The summed E-state index contributed by atoms with van der Waals surface area (Å²) in [4.78, 5) is 28.1. The molecular weight excluding hydrogens is 459 g/mol. The molecule has 3 rings (SSSR count). The molecule has 0 spiro atoms. The summed E-state index contributed by atoms with van der Waals surface area (Å²) in [6.45, 7) is 2.64. The number of hydrogen-bond acceptors (Lipinski definition) is 3. The van der Waals surface area contributed by atoms with Gasteiger partial charge in [-0.3, -0.25) is 9.59 Å². The van der Waals surface area contributed by atoms with E-state index in [4.69, 9.17) is 27.9 Å². The molecule has 2 aromatic carbocycles. The van der Waals surface area contributed by atoms with Crippen molar-refractivity contribution >= 4 is 35.0 Å². The van der Waals surface area contributed by atoms with Crippen LogP contribution in [-0.2, 0) is 16.1 Å². The minimum atomic E-state index is -0.536. The number of carbonyl (C=O) groups is 2. The molecule has 1 N–H and O–H groups in total. The van der Waals surface area contributed by atoms with Crippen LogP contribution in [0.25, 0.3) is 0 Å². The van der Waals surface area contributed by atoms with Gasteiger partial charge in [0.25, 0.3) is 0 Å². The van der Waals surface area contributed by atoms with Crippen molar-refractivity contribution in [2.45, 2.75) is 70.5 Å². The summed E-state index contributed by atoms with van der Waals surface area (Å²) in [6.07, 6.45) is 5.64. The number of rotatable bonds is 11. The van der Waals surface area contributed by atoms with E-state index in [9.17, 15) is 9.59 Å². The van der Waals surface area contributed by atoms with E-state index < -0.39 is 6.04 Å². The molecule has 1 aliphatic carbocycles. The van der Waals surface area contributed by atoms with Gasteiger partial charge >= 0.3 is 0 Å². The van der Waals surface area contributed by atoms with Crippen molar-refractivity contribution in [1.82, 2.24) is 10.2 Å². The summed E-state index contributed by atoms with van der Waals surface area (Å²) < 4.78 is 5.72. The van der Waals surface area contributed by atoms with Crippen molar-refractivity contribution in [3.8, 4) is 5.75 Å². The zero-order chi connectivity index (χ0) is 23.6. The predicted octanol–water partition coefficient (Wildman–Crippen LogP) is 6.02. The van der Waals surface area contributed by atoms with Gasteiger partial charge in [0.05, 0.1) is 6.61 Å². The molecule has 0 bridgehead atoms. The van der Waals surface area contributed by atoms with E-state index in [0.717, 1.165) is 31.2 Å². The maximum Gasteiger partial charge on any atom is 0.243 e. The third kappa shape index (κ3) is 7.65. The van der Waals surface area contributed by atoms with Gasteiger partial charge in [0.2, 0.25) is 11.8 Å². The molecule has 0 saturated heterocycles. The average Bonchev–Trinajstić information content (AvgIpc) is 3.32. The number of nitrogens with zero attached hydrogens (tertiary/aromatic N) is 1. The molecule has 1 saturated carbocycles. The second kappa shape index (κ2) is 12.9. The maximum atomic E-state index is 13.3. The Balaban J connectivity index is 1.65. The Morgan fingerprint density at radius 1 is 1.09 bits per heavy atom. The molecule has 2 amide bonds. The number of halogens is 2. The van der Waals surface area contributed by atoms with E-state index in [1.807, 2.05) is 25.1 Å². The van der Waals surface area contributed by atoms with Crippen molar-refractivity contribution < 1.29 is 14.3 Å². The molecule has 0 aromatic heterocycles. The second-order valence-electron chi connectivity index (χ2n) is 8.43. The predicted molar refractivity (Wildman–Crippen MR) is 133 cm³/mol. The third-order valence-electron chi connectivity index (χ3n) is 6.00. The molecule has 1 fully saturated rings. The molecule has 178 valence electrons. The first-order valence-electron chi connectivity index (χ1n) is 11.7. The lowest BCUT2D eigenvalue weighted by molar-refractivity contribution is -0.141. The summed E-state index contributed by atoms with van der Waals surface area (Å²) >= 11 is 12.3. The Kier molecular flexibility index (Phi) is 9.89. The van der Waals surface area contributed by atoms with E-state index in [1.165, 1.54) is 0 Å². The van der Waals surface area contributed by atoms with Crippen LogP contribution in [0.15, 0.2) is 48.5 Å². The quantitative estimate of drug-likeness (QED) is 0.391. The smallest absolute Gasteiger partial charge is 0.243 e. The van der Waals surface area contributed by atoms with Crippen LogP contribution >= 0.6 is 23.2 Å². The Labute approximate surface area is 206 Å². The van der Waals surface area contributed by atoms with Crippen LogP contribution in [0.4, 0.5) is 0 Å². The number of carbonyl (C=O) groups excluding carboxylic acids is 2. The Bertz CT molecular complexity index is 914. The normalized spacial score (nSPS) is 14.6. The highest BCUT2D eigenvalue weighted by molar-refractivity contribution is 6.31. The molecule has 1 aliphatic rings. The number of amides is 2. The summed E-state index contributed by atoms with van der Waals surface area (Å²) in [5.74, 6) is 0.549. The molecular formula is C26H32Cl2N2O3. The van der Waals surface area contributed by atoms with Gasteiger partial charge in [-0.2, -0.15) is 0 Å². The van der Waals surface area contributed by atoms with E-state index >= 15 is 0 Å². The summed E-state index contributed by atoms with van der Waals surface area (Å²) in [7, 11) is 0. The lowest BCUT2D eigenvalue weighted by Crippen LogP contribution is -2.51. The Hall–Kier alpha value is -2.24. The van der Waals surface area contributed by atoms with Crippen LogP contribution in [-0.4, -0.2) is 35.4 Å². The second-order valence-corrected chi connectivity index (χ2v) is 9.28. The maximum absolute atomic E-state index is 13.3. The number of benzene rings is 2. The van der Waals surface area contributed by atoms with Crippen LogP contribution in [0, 0.1) is 0 Å². The van der Waals surface area contributed by atoms with E-state index in [0.29, 0.717) is 41.8 Å². The zero-order valence-electron chi connectivity index (χ0n) is 19.1. The van der Waals surface area contributed by atoms with Gasteiger partial charge in [0.1, 0.15) is 11.8 Å². The standard InChI is InChI=1S/C26H32Cl2N2O3/c1-2-24(26(32)29-21-9-4-5-10-21)30(18-19-8-3-6-11-23(19)28)25(31)12-7-17-33-22-15-13-20(27)14-16-22/h3,6,8,11,13-16,21,24H,2,4-5,7,9-10,12,17-18H2,1H3,(H,29,32)/t24-/m1/s1. The first-order chi connectivity index (χ1) is 16.0. The molecule has 1 atom stereocenters. The summed E-state index contributed by atoms with van der Waals surface area (Å²) in [6, 6.07) is 14.3. The van der Waals surface area contributed by atoms with Gasteiger partial charge in [0, 0.05) is 29.1 Å². The van der Waals surface area contributed by atoms with Crippen LogP contribution < -0.4 is 10.1 Å². The topological polar surface area (TPSA) is 58.6 Å². The van der Waals surface area contributed by atoms with E-state index in [1.54, 1.807) is 35.2 Å². The van der Waals surface area contributed by atoms with Gasteiger partial charge in [-0.05, 0) is 61.6 Å². The van der Waals surface area contributed by atoms with Crippen molar-refractivity contribution in [1.29, 1.82) is 0 Å². The molecule has 0 radical (unpaired) electrons. The molecule has 2 aromatic rings. The molecule has 7 heteroatoms. The highest BCUT2D eigenvalue weighted by Gasteiger charge is 2.30. The molecule has 0 heterocycles. The Morgan fingerprint density at radius 3 is 2.45 bits per heavy atom. The molecule has 5 nitrogen and oxygen atoms in total. The van der Waals surface area contributed by atoms with Gasteiger partial charge < -0.3 is 15.0 Å². The first kappa shape index (κ1) is 25.4. The van der Waals surface area contributed by atoms with Gasteiger partial charge in [-0.1, -0.05) is 61.2 Å². The SMILES string of the molecule is CC[C@H](C(=O)NC1CCCC1)N(Cc1ccccc1Cl)C(=O)CCCOc1ccc(Cl)cc1. The third-order valence-corrected chi connectivity index (χ3v) is 6.62. The zero-order valence-corrected chi connectivity index (χ0v) is 20.6. The van der Waals surface area contributed by atoms with Gasteiger partial charge in [-0.25, -0.2) is 0 Å². The fourth-order valence-corrected chi connectivity index (χ4v) is 4.51. The van der Waals surface area contributed by atoms with Gasteiger partial charge in [-0.15, -0.1) is 0 Å². The highest BCUT2D eigenvalue weighted by atomic mass is 35.5. The minimum absolute atomic E-state index is 0.0805. The molecule has 0 aliphatic heterocycles. The number of nitrogens with one attached hydrogen (secondary N) is 1. The van der Waals surface area contributed by atoms with Crippen LogP contribution in [0.5, 0.6) is 5.75 Å². The van der Waals surface area contributed by atoms with E-state index in [-0.39, 0.29) is 24.3 Å². The summed E-state index contributed by atoms with van der Waals surface area (Å²) in [5.41, 5.74) is 0.831. The summed E-state index contributed by atoms with van der Waals surface area (Å²) in [5, 5.41) is 4.40. The van der Waals surface area contributed by atoms with Crippen molar-refractivity contribution in [3.63, 3.8) is 0 Å². The van der Waals surface area contributed by atoms with Gasteiger partial charge in [0.15, 0.2) is 0 Å². The lowest BCUT2D eigenvalue weighted by atomic mass is 10.1. The van der Waals surface area contributed by atoms with Crippen LogP contribution in [0.3, 0.4) is 0 Å². The largest absolute Gasteiger partial charge is 0.494 e. The van der Waals surface area contributed by atoms with Crippen molar-refractivity contribution in [3.05, 3.63) is 64.1 Å². The van der Waals surface area contributed by atoms with E-state index in [2.05, 4.69) is 5.32 Å². The van der Waals surface area contributed by atoms with Crippen molar-refractivity contribution in [2.24, 2.45) is 0 Å². The van der Waals surface area contributed by atoms with Crippen LogP contribution in [0.1, 0.15) is 57.4 Å². The minimum Gasteiger partial charge on any atom is -0.494 e. The highest BCUT2D eigenvalue weighted by Crippen LogP contribution is 2.22. The molecule has 33 heavy (non-hydrogen) atoms. The first-order valence-corrected chi connectivity index (χ1v) is 12.4. The fourth-order valence-electron chi connectivity index (χ4n) is 4.19. The monoisotopic (exact) mass is 490 g/mol. The lowest BCUT2D eigenvalue weighted by Gasteiger charge is -2.32. The number of hydrogen-bond donors (Lipinski definition) is 1.